The number of rotatable bonds is 8. The van der Waals surface area contributed by atoms with Crippen molar-refractivity contribution in [2.45, 2.75) is 19.8 Å². The summed E-state index contributed by atoms with van der Waals surface area (Å²) in [6.07, 6.45) is 1.51. The van der Waals surface area contributed by atoms with Crippen molar-refractivity contribution in [2.75, 3.05) is 13.2 Å². The van der Waals surface area contributed by atoms with E-state index in [2.05, 4.69) is 25.7 Å². The van der Waals surface area contributed by atoms with Gasteiger partial charge in [-0.1, -0.05) is 32.1 Å². The first-order valence-corrected chi connectivity index (χ1v) is 9.78. The topological polar surface area (TPSA) is 94.8 Å². The van der Waals surface area contributed by atoms with E-state index in [9.17, 15) is 14.4 Å². The summed E-state index contributed by atoms with van der Waals surface area (Å²) in [4.78, 5) is 36.2. The highest BCUT2D eigenvalue weighted by Gasteiger charge is 2.14. The highest BCUT2D eigenvalue weighted by atomic mass is 16.6. The molecule has 0 saturated carbocycles. The molecular formula is C24H23NO6. The van der Waals surface area contributed by atoms with E-state index in [-0.39, 0.29) is 30.0 Å². The third kappa shape index (κ3) is 5.60. The molecule has 7 nitrogen and oxygen atoms in total. The molecule has 0 unspecified atom stereocenters. The van der Waals surface area contributed by atoms with Gasteiger partial charge in [0.25, 0.3) is 5.91 Å². The largest absolute Gasteiger partial charge is 0.482 e. The zero-order valence-corrected chi connectivity index (χ0v) is 17.3. The lowest BCUT2D eigenvalue weighted by molar-refractivity contribution is -0.136. The van der Waals surface area contributed by atoms with E-state index < -0.39 is 17.5 Å². The average molecular weight is 421 g/mol. The molecule has 1 N–H and O–H groups in total. The molecule has 7 heteroatoms. The quantitative estimate of drug-likeness (QED) is 0.257. The van der Waals surface area contributed by atoms with E-state index in [1.165, 1.54) is 23.8 Å². The molecule has 1 amide bonds. The second-order valence-electron chi connectivity index (χ2n) is 7.13. The summed E-state index contributed by atoms with van der Waals surface area (Å²) in [5, 5.41) is 3.05. The summed E-state index contributed by atoms with van der Waals surface area (Å²) in [5.74, 6) is 0.0145. The van der Waals surface area contributed by atoms with Crippen molar-refractivity contribution in [3.05, 3.63) is 82.7 Å². The van der Waals surface area contributed by atoms with Gasteiger partial charge in [0.2, 0.25) is 0 Å². The van der Waals surface area contributed by atoms with Crippen LogP contribution in [-0.2, 0) is 4.79 Å². The van der Waals surface area contributed by atoms with Crippen LogP contribution in [0.4, 0.5) is 0 Å². The number of carbonyl (C=O) groups excluding carboxylic acids is 2. The number of fused-ring (bicyclic) bond motifs is 1. The van der Waals surface area contributed by atoms with Crippen molar-refractivity contribution in [3.8, 4) is 11.5 Å². The van der Waals surface area contributed by atoms with Gasteiger partial charge in [0, 0.05) is 18.0 Å². The van der Waals surface area contributed by atoms with Crippen molar-refractivity contribution in [1.29, 1.82) is 0 Å². The van der Waals surface area contributed by atoms with E-state index in [0.29, 0.717) is 17.1 Å². The average Bonchev–Trinajstić information content (AvgIpc) is 2.75. The van der Waals surface area contributed by atoms with Gasteiger partial charge in [0.05, 0.1) is 0 Å². The van der Waals surface area contributed by atoms with Gasteiger partial charge < -0.3 is 19.2 Å². The highest BCUT2D eigenvalue weighted by Crippen LogP contribution is 2.21. The molecule has 0 saturated heterocycles. The van der Waals surface area contributed by atoms with Crippen molar-refractivity contribution in [1.82, 2.24) is 5.32 Å². The van der Waals surface area contributed by atoms with Crippen LogP contribution in [0.1, 0.15) is 35.7 Å². The molecule has 160 valence electrons. The van der Waals surface area contributed by atoms with E-state index in [1.54, 1.807) is 24.3 Å². The molecule has 1 aromatic heterocycles. The monoisotopic (exact) mass is 421 g/mol. The standard InChI is InChI=1S/C24H23NO6/c1-4-11-25-23(27)20-12-17-7-10-19(13-21(17)31-24(20)28)30-22(26)14-29-18-8-5-16(6-9-18)15(2)3/h4-10,12-13,15H,1,11,14H2,2-3H3,(H,25,27). The van der Waals surface area contributed by atoms with E-state index in [4.69, 9.17) is 13.9 Å². The van der Waals surface area contributed by atoms with Crippen LogP contribution < -0.4 is 20.4 Å². The minimum atomic E-state index is -0.786. The number of amides is 1. The first kappa shape index (κ1) is 21.8. The lowest BCUT2D eigenvalue weighted by Gasteiger charge is -2.09. The molecule has 0 radical (unpaired) electrons. The zero-order chi connectivity index (χ0) is 22.4. The Morgan fingerprint density at radius 2 is 1.81 bits per heavy atom. The number of esters is 1. The normalized spacial score (nSPS) is 10.7. The summed E-state index contributed by atoms with van der Waals surface area (Å²) in [6.45, 7) is 7.65. The fourth-order valence-electron chi connectivity index (χ4n) is 2.83. The van der Waals surface area contributed by atoms with E-state index in [1.807, 2.05) is 12.1 Å². The number of hydrogen-bond donors (Lipinski definition) is 1. The van der Waals surface area contributed by atoms with Crippen LogP contribution in [0.5, 0.6) is 11.5 Å². The maximum Gasteiger partial charge on any atom is 0.349 e. The molecule has 31 heavy (non-hydrogen) atoms. The maximum absolute atomic E-state index is 12.1. The summed E-state index contributed by atoms with van der Waals surface area (Å²) in [7, 11) is 0. The predicted octanol–water partition coefficient (Wildman–Crippen LogP) is 3.82. The van der Waals surface area contributed by atoms with Gasteiger partial charge in [-0.3, -0.25) is 4.79 Å². The smallest absolute Gasteiger partial charge is 0.349 e. The molecule has 0 aliphatic carbocycles. The maximum atomic E-state index is 12.1. The molecule has 2 aromatic carbocycles. The number of hydrogen-bond acceptors (Lipinski definition) is 6. The Morgan fingerprint density at radius 3 is 2.48 bits per heavy atom. The zero-order valence-electron chi connectivity index (χ0n) is 17.3. The summed E-state index contributed by atoms with van der Waals surface area (Å²) in [5.41, 5.74) is 0.469. The molecule has 0 aliphatic rings. The molecule has 3 aromatic rings. The first-order chi connectivity index (χ1) is 14.9. The Bertz CT molecular complexity index is 1160. The Morgan fingerprint density at radius 1 is 1.10 bits per heavy atom. The predicted molar refractivity (Wildman–Crippen MR) is 117 cm³/mol. The van der Waals surface area contributed by atoms with Crippen LogP contribution in [0.3, 0.4) is 0 Å². The Balaban J connectivity index is 1.66. The van der Waals surface area contributed by atoms with Crippen molar-refractivity contribution in [3.63, 3.8) is 0 Å². The van der Waals surface area contributed by atoms with Gasteiger partial charge in [-0.05, 0) is 41.8 Å². The van der Waals surface area contributed by atoms with Gasteiger partial charge in [-0.2, -0.15) is 0 Å². The van der Waals surface area contributed by atoms with Crippen molar-refractivity contribution >= 4 is 22.8 Å². The van der Waals surface area contributed by atoms with Gasteiger partial charge >= 0.3 is 11.6 Å². The van der Waals surface area contributed by atoms with E-state index in [0.717, 1.165) is 0 Å². The molecule has 1 heterocycles. The minimum absolute atomic E-state index is 0.115. The number of ether oxygens (including phenoxy) is 2. The third-order valence-electron chi connectivity index (χ3n) is 4.49. The molecule has 0 bridgehead atoms. The number of nitrogens with one attached hydrogen (secondary N) is 1. The summed E-state index contributed by atoms with van der Waals surface area (Å²) < 4.78 is 15.9. The van der Waals surface area contributed by atoms with Crippen LogP contribution in [0, 0.1) is 0 Å². The van der Waals surface area contributed by atoms with Crippen LogP contribution in [0.2, 0.25) is 0 Å². The third-order valence-corrected chi connectivity index (χ3v) is 4.49. The van der Waals surface area contributed by atoms with E-state index >= 15 is 0 Å². The van der Waals surface area contributed by atoms with Gasteiger partial charge in [-0.25, -0.2) is 9.59 Å². The Hall–Kier alpha value is -3.87. The van der Waals surface area contributed by atoms with Gasteiger partial charge in [0.1, 0.15) is 22.6 Å². The van der Waals surface area contributed by atoms with Gasteiger partial charge in [-0.15, -0.1) is 6.58 Å². The number of carbonyl (C=O) groups is 2. The molecule has 3 rings (SSSR count). The van der Waals surface area contributed by atoms with Crippen LogP contribution >= 0.6 is 0 Å². The highest BCUT2D eigenvalue weighted by molar-refractivity contribution is 5.96. The Labute approximate surface area is 179 Å². The fraction of sp³-hybridized carbons (Fsp3) is 0.208. The number of benzene rings is 2. The summed E-state index contributed by atoms with van der Waals surface area (Å²) >= 11 is 0. The van der Waals surface area contributed by atoms with Crippen LogP contribution in [0.25, 0.3) is 11.0 Å². The molecule has 0 fully saturated rings. The van der Waals surface area contributed by atoms with Crippen LogP contribution in [-0.4, -0.2) is 25.0 Å². The van der Waals surface area contributed by atoms with Crippen LogP contribution in [0.15, 0.2) is 70.4 Å². The second-order valence-corrected chi connectivity index (χ2v) is 7.13. The molecule has 0 aliphatic heterocycles. The van der Waals surface area contributed by atoms with Gasteiger partial charge in [0.15, 0.2) is 6.61 Å². The van der Waals surface area contributed by atoms with Crippen molar-refractivity contribution < 1.29 is 23.5 Å². The first-order valence-electron chi connectivity index (χ1n) is 9.78. The molecule has 0 atom stereocenters. The lowest BCUT2D eigenvalue weighted by Crippen LogP contribution is -2.28. The minimum Gasteiger partial charge on any atom is -0.482 e. The fourth-order valence-corrected chi connectivity index (χ4v) is 2.83. The molecular weight excluding hydrogens is 398 g/mol. The van der Waals surface area contributed by atoms with Crippen molar-refractivity contribution in [2.24, 2.45) is 0 Å². The SMILES string of the molecule is C=CCNC(=O)c1cc2ccc(OC(=O)COc3ccc(C(C)C)cc3)cc2oc1=O. The Kier molecular flexibility index (Phi) is 6.87. The molecule has 0 spiro atoms. The lowest BCUT2D eigenvalue weighted by atomic mass is 10.0. The second kappa shape index (κ2) is 9.75. The summed E-state index contributed by atoms with van der Waals surface area (Å²) in [6, 6.07) is 13.5.